The molecule has 1 aliphatic rings. The minimum atomic E-state index is 0.114. The Kier molecular flexibility index (Phi) is 5.36. The molecular formula is C26H26N2O2S. The molecule has 0 atom stereocenters. The highest BCUT2D eigenvalue weighted by Gasteiger charge is 2.25. The molecule has 2 heterocycles. The van der Waals surface area contributed by atoms with Gasteiger partial charge in [0.2, 0.25) is 5.91 Å². The molecule has 0 aliphatic carbocycles. The minimum absolute atomic E-state index is 0.114. The Morgan fingerprint density at radius 2 is 1.77 bits per heavy atom. The van der Waals surface area contributed by atoms with Crippen LogP contribution in [-0.2, 0) is 11.2 Å². The number of amides is 1. The first kappa shape index (κ1) is 20.0. The minimum Gasteiger partial charge on any atom is -0.467 e. The van der Waals surface area contributed by atoms with Crippen LogP contribution in [0.25, 0.3) is 21.0 Å². The number of ether oxygens (including phenoxy) is 1. The summed E-state index contributed by atoms with van der Waals surface area (Å²) in [5.41, 5.74) is 4.56. The second-order valence-corrected chi connectivity index (χ2v) is 9.33. The summed E-state index contributed by atoms with van der Waals surface area (Å²) in [5, 5.41) is 3.09. The van der Waals surface area contributed by atoms with Crippen molar-refractivity contribution in [1.82, 2.24) is 9.88 Å². The number of rotatable bonds is 4. The number of nitrogens with zero attached hydrogens (tertiary/aromatic N) is 2. The molecule has 4 aromatic rings. The summed E-state index contributed by atoms with van der Waals surface area (Å²) >= 11 is 1.63. The first-order chi connectivity index (χ1) is 15.1. The van der Waals surface area contributed by atoms with Crippen molar-refractivity contribution >= 4 is 38.2 Å². The Labute approximate surface area is 186 Å². The van der Waals surface area contributed by atoms with Crippen LogP contribution in [0, 0.1) is 13.8 Å². The van der Waals surface area contributed by atoms with Gasteiger partial charge in [0.15, 0.2) is 0 Å². The normalized spacial score (nSPS) is 15.0. The number of carbonyl (C=O) groups excluding carboxylic acids is 1. The van der Waals surface area contributed by atoms with E-state index in [-0.39, 0.29) is 12.0 Å². The van der Waals surface area contributed by atoms with E-state index in [1.807, 2.05) is 23.1 Å². The van der Waals surface area contributed by atoms with Gasteiger partial charge in [0.05, 0.1) is 16.6 Å². The molecule has 1 fully saturated rings. The van der Waals surface area contributed by atoms with E-state index in [2.05, 4.69) is 50.2 Å². The van der Waals surface area contributed by atoms with Crippen LogP contribution in [-0.4, -0.2) is 35.0 Å². The Bertz CT molecular complexity index is 1210. The van der Waals surface area contributed by atoms with Crippen molar-refractivity contribution in [3.63, 3.8) is 0 Å². The third kappa shape index (κ3) is 4.02. The van der Waals surface area contributed by atoms with Crippen LogP contribution in [0.15, 0.2) is 54.6 Å². The van der Waals surface area contributed by atoms with Gasteiger partial charge in [-0.25, -0.2) is 4.98 Å². The summed E-state index contributed by atoms with van der Waals surface area (Å²) in [5.74, 6) is 0.195. The number of fused-ring (bicyclic) bond motifs is 2. The van der Waals surface area contributed by atoms with Crippen molar-refractivity contribution in [1.29, 1.82) is 0 Å². The Hall–Kier alpha value is -2.92. The summed E-state index contributed by atoms with van der Waals surface area (Å²) in [6.07, 6.45) is 2.25. The molecule has 158 valence electrons. The highest BCUT2D eigenvalue weighted by atomic mass is 32.1. The molecule has 1 aliphatic heterocycles. The number of hydrogen-bond donors (Lipinski definition) is 0. The summed E-state index contributed by atoms with van der Waals surface area (Å²) < 4.78 is 7.43. The topological polar surface area (TPSA) is 42.4 Å². The van der Waals surface area contributed by atoms with Gasteiger partial charge in [0, 0.05) is 25.9 Å². The Morgan fingerprint density at radius 3 is 2.58 bits per heavy atom. The number of likely N-dealkylation sites (tertiary alicyclic amines) is 1. The largest absolute Gasteiger partial charge is 0.467 e. The molecule has 1 saturated heterocycles. The van der Waals surface area contributed by atoms with E-state index in [1.54, 1.807) is 11.3 Å². The van der Waals surface area contributed by atoms with E-state index in [0.29, 0.717) is 6.42 Å². The SMILES string of the molecule is Cc1ccc(C)c2sc(OC3CCN(C(=O)Cc4cccc5ccccc45)CC3)nc12. The Morgan fingerprint density at radius 1 is 1.03 bits per heavy atom. The molecule has 3 aromatic carbocycles. The van der Waals surface area contributed by atoms with E-state index in [9.17, 15) is 4.79 Å². The zero-order valence-electron chi connectivity index (χ0n) is 17.9. The molecule has 5 rings (SSSR count). The number of hydrogen-bond acceptors (Lipinski definition) is 4. The second kappa shape index (κ2) is 8.31. The molecule has 1 aromatic heterocycles. The molecule has 0 bridgehead atoms. The molecule has 0 spiro atoms. The zero-order chi connectivity index (χ0) is 21.4. The average Bonchev–Trinajstić information content (AvgIpc) is 3.22. The lowest BCUT2D eigenvalue weighted by Gasteiger charge is -2.31. The fourth-order valence-corrected chi connectivity index (χ4v) is 5.41. The first-order valence-corrected chi connectivity index (χ1v) is 11.7. The van der Waals surface area contributed by atoms with Crippen molar-refractivity contribution in [2.45, 2.75) is 39.2 Å². The van der Waals surface area contributed by atoms with E-state index in [1.165, 1.54) is 21.2 Å². The van der Waals surface area contributed by atoms with Crippen molar-refractivity contribution in [3.05, 3.63) is 71.3 Å². The highest BCUT2D eigenvalue weighted by molar-refractivity contribution is 7.20. The van der Waals surface area contributed by atoms with Crippen LogP contribution in [0.4, 0.5) is 0 Å². The molecule has 31 heavy (non-hydrogen) atoms. The number of thiazole rings is 1. The number of piperidine rings is 1. The van der Waals surface area contributed by atoms with E-state index < -0.39 is 0 Å². The molecule has 0 N–H and O–H groups in total. The van der Waals surface area contributed by atoms with E-state index in [4.69, 9.17) is 9.72 Å². The first-order valence-electron chi connectivity index (χ1n) is 10.9. The molecule has 4 nitrogen and oxygen atoms in total. The fraction of sp³-hybridized carbons (Fsp3) is 0.308. The van der Waals surface area contributed by atoms with Gasteiger partial charge in [-0.2, -0.15) is 0 Å². The third-order valence-corrected chi connectivity index (χ3v) is 7.29. The Balaban J connectivity index is 1.22. The maximum Gasteiger partial charge on any atom is 0.274 e. The fourth-order valence-electron chi connectivity index (χ4n) is 4.38. The lowest BCUT2D eigenvalue weighted by atomic mass is 10.0. The number of aryl methyl sites for hydroxylation is 2. The lowest BCUT2D eigenvalue weighted by molar-refractivity contribution is -0.132. The van der Waals surface area contributed by atoms with Gasteiger partial charge >= 0.3 is 0 Å². The predicted octanol–water partition coefficient (Wildman–Crippen LogP) is 5.68. The monoisotopic (exact) mass is 430 g/mol. The molecular weight excluding hydrogens is 404 g/mol. The van der Waals surface area contributed by atoms with Crippen LogP contribution in [0.1, 0.15) is 29.5 Å². The molecule has 0 radical (unpaired) electrons. The van der Waals surface area contributed by atoms with Crippen LogP contribution in [0.3, 0.4) is 0 Å². The maximum atomic E-state index is 12.9. The standard InChI is InChI=1S/C26H26N2O2S/c1-17-10-11-18(2)25-24(17)27-26(31-25)30-21-12-14-28(15-13-21)23(29)16-20-8-5-7-19-6-3-4-9-22(19)20/h3-11,21H,12-16H2,1-2H3. The molecule has 5 heteroatoms. The smallest absolute Gasteiger partial charge is 0.274 e. The summed E-state index contributed by atoms with van der Waals surface area (Å²) in [7, 11) is 0. The van der Waals surface area contributed by atoms with Gasteiger partial charge < -0.3 is 9.64 Å². The maximum absolute atomic E-state index is 12.9. The molecule has 0 saturated carbocycles. The summed E-state index contributed by atoms with van der Waals surface area (Å²) in [4.78, 5) is 19.6. The van der Waals surface area contributed by atoms with E-state index in [0.717, 1.165) is 47.6 Å². The molecule has 0 unspecified atom stereocenters. The van der Waals surface area contributed by atoms with Crippen LogP contribution < -0.4 is 4.74 Å². The van der Waals surface area contributed by atoms with Crippen LogP contribution in [0.2, 0.25) is 0 Å². The van der Waals surface area contributed by atoms with Crippen molar-refractivity contribution in [2.75, 3.05) is 13.1 Å². The lowest BCUT2D eigenvalue weighted by Crippen LogP contribution is -2.42. The zero-order valence-corrected chi connectivity index (χ0v) is 18.7. The van der Waals surface area contributed by atoms with Gasteiger partial charge in [-0.1, -0.05) is 65.9 Å². The van der Waals surface area contributed by atoms with Crippen molar-refractivity contribution in [3.8, 4) is 5.19 Å². The summed E-state index contributed by atoms with van der Waals surface area (Å²) in [6, 6.07) is 18.7. The number of carbonyl (C=O) groups is 1. The second-order valence-electron chi connectivity index (χ2n) is 8.37. The third-order valence-electron chi connectivity index (χ3n) is 6.21. The van der Waals surface area contributed by atoms with Gasteiger partial charge in [0.1, 0.15) is 6.10 Å². The predicted molar refractivity (Wildman–Crippen MR) is 127 cm³/mol. The summed E-state index contributed by atoms with van der Waals surface area (Å²) in [6.45, 7) is 5.67. The number of aromatic nitrogens is 1. The van der Waals surface area contributed by atoms with Gasteiger partial charge in [-0.15, -0.1) is 0 Å². The van der Waals surface area contributed by atoms with Gasteiger partial charge in [-0.3, -0.25) is 4.79 Å². The van der Waals surface area contributed by atoms with E-state index >= 15 is 0 Å². The average molecular weight is 431 g/mol. The number of benzene rings is 3. The molecule has 1 amide bonds. The van der Waals surface area contributed by atoms with Crippen LogP contribution in [0.5, 0.6) is 5.19 Å². The van der Waals surface area contributed by atoms with Crippen molar-refractivity contribution < 1.29 is 9.53 Å². The quantitative estimate of drug-likeness (QED) is 0.418. The van der Waals surface area contributed by atoms with Gasteiger partial charge in [0.25, 0.3) is 5.19 Å². The van der Waals surface area contributed by atoms with Gasteiger partial charge in [-0.05, 0) is 41.3 Å². The van der Waals surface area contributed by atoms with Crippen LogP contribution >= 0.6 is 11.3 Å². The highest BCUT2D eigenvalue weighted by Crippen LogP contribution is 2.33. The van der Waals surface area contributed by atoms with Crippen molar-refractivity contribution in [2.24, 2.45) is 0 Å².